The van der Waals surface area contributed by atoms with Gasteiger partial charge in [-0.05, 0) is 12.3 Å². The SMILES string of the molecule is NCc1cnc(CC2CCS(=O)(=O)C2)s1. The Morgan fingerprint density at radius 1 is 1.60 bits per heavy atom. The van der Waals surface area contributed by atoms with Gasteiger partial charge in [-0.25, -0.2) is 13.4 Å². The van der Waals surface area contributed by atoms with Crippen LogP contribution in [-0.4, -0.2) is 24.9 Å². The minimum absolute atomic E-state index is 0.256. The second-order valence-electron chi connectivity index (χ2n) is 3.90. The largest absolute Gasteiger partial charge is 0.326 e. The molecule has 1 aliphatic heterocycles. The van der Waals surface area contributed by atoms with E-state index in [1.807, 2.05) is 0 Å². The van der Waals surface area contributed by atoms with Gasteiger partial charge in [0.1, 0.15) is 0 Å². The van der Waals surface area contributed by atoms with Crippen LogP contribution in [0, 0.1) is 5.92 Å². The predicted molar refractivity (Wildman–Crippen MR) is 60.5 cm³/mol. The van der Waals surface area contributed by atoms with Gasteiger partial charge in [-0.2, -0.15) is 0 Å². The third-order valence-electron chi connectivity index (χ3n) is 2.59. The molecule has 6 heteroatoms. The molecule has 2 N–H and O–H groups in total. The summed E-state index contributed by atoms with van der Waals surface area (Å²) in [5.41, 5.74) is 5.49. The van der Waals surface area contributed by atoms with Crippen molar-refractivity contribution in [3.8, 4) is 0 Å². The van der Waals surface area contributed by atoms with Gasteiger partial charge in [0, 0.05) is 24.0 Å². The number of sulfone groups is 1. The third kappa shape index (κ3) is 2.76. The van der Waals surface area contributed by atoms with Crippen molar-refractivity contribution in [2.75, 3.05) is 11.5 Å². The minimum Gasteiger partial charge on any atom is -0.326 e. The normalized spacial score (nSPS) is 24.5. The van der Waals surface area contributed by atoms with E-state index in [1.165, 1.54) is 0 Å². The maximum atomic E-state index is 11.3. The number of nitrogens with two attached hydrogens (primary N) is 1. The van der Waals surface area contributed by atoms with Crippen LogP contribution in [0.1, 0.15) is 16.3 Å². The highest BCUT2D eigenvalue weighted by molar-refractivity contribution is 7.91. The summed E-state index contributed by atoms with van der Waals surface area (Å²) in [5, 5.41) is 1.01. The van der Waals surface area contributed by atoms with Crippen molar-refractivity contribution in [1.82, 2.24) is 4.98 Å². The molecule has 0 aliphatic carbocycles. The third-order valence-corrected chi connectivity index (χ3v) is 5.47. The van der Waals surface area contributed by atoms with Gasteiger partial charge in [0.2, 0.25) is 0 Å². The minimum atomic E-state index is -2.76. The van der Waals surface area contributed by atoms with Crippen molar-refractivity contribution in [2.24, 2.45) is 11.7 Å². The van der Waals surface area contributed by atoms with Crippen molar-refractivity contribution in [3.63, 3.8) is 0 Å². The first kappa shape index (κ1) is 11.0. The van der Waals surface area contributed by atoms with E-state index in [1.54, 1.807) is 17.5 Å². The zero-order chi connectivity index (χ0) is 10.9. The van der Waals surface area contributed by atoms with E-state index in [4.69, 9.17) is 5.73 Å². The lowest BCUT2D eigenvalue weighted by Gasteiger charge is -2.02. The molecule has 1 aromatic heterocycles. The van der Waals surface area contributed by atoms with E-state index in [-0.39, 0.29) is 5.92 Å². The molecule has 1 atom stereocenters. The van der Waals surface area contributed by atoms with Gasteiger partial charge in [-0.3, -0.25) is 0 Å². The van der Waals surface area contributed by atoms with Crippen molar-refractivity contribution in [3.05, 3.63) is 16.1 Å². The van der Waals surface area contributed by atoms with Gasteiger partial charge in [0.25, 0.3) is 0 Å². The molecule has 0 radical (unpaired) electrons. The van der Waals surface area contributed by atoms with Crippen LogP contribution < -0.4 is 5.73 Å². The summed E-state index contributed by atoms with van der Waals surface area (Å²) in [5.74, 6) is 0.920. The highest BCUT2D eigenvalue weighted by Gasteiger charge is 2.28. The van der Waals surface area contributed by atoms with Crippen LogP contribution in [0.25, 0.3) is 0 Å². The summed E-state index contributed by atoms with van der Waals surface area (Å²) >= 11 is 1.59. The fraction of sp³-hybridized carbons (Fsp3) is 0.667. The van der Waals surface area contributed by atoms with Crippen LogP contribution in [0.15, 0.2) is 6.20 Å². The Balaban J connectivity index is 1.98. The van der Waals surface area contributed by atoms with Gasteiger partial charge < -0.3 is 5.73 Å². The van der Waals surface area contributed by atoms with Crippen molar-refractivity contribution in [2.45, 2.75) is 19.4 Å². The Bertz CT molecular complexity index is 439. The fourth-order valence-electron chi connectivity index (χ4n) is 1.82. The molecule has 2 heterocycles. The van der Waals surface area contributed by atoms with Gasteiger partial charge in [-0.15, -0.1) is 11.3 Å². The van der Waals surface area contributed by atoms with Crippen LogP contribution in [0.3, 0.4) is 0 Å². The van der Waals surface area contributed by atoms with Gasteiger partial charge in [-0.1, -0.05) is 0 Å². The maximum Gasteiger partial charge on any atom is 0.150 e. The molecule has 1 fully saturated rings. The lowest BCUT2D eigenvalue weighted by atomic mass is 10.1. The molecule has 4 nitrogen and oxygen atoms in total. The molecule has 0 aromatic carbocycles. The van der Waals surface area contributed by atoms with Crippen LogP contribution in [-0.2, 0) is 22.8 Å². The summed E-state index contributed by atoms with van der Waals surface area (Å²) in [4.78, 5) is 5.30. The first-order valence-electron chi connectivity index (χ1n) is 4.93. The standard InChI is InChI=1S/C9H14N2O2S2/c10-4-8-5-11-9(14-8)3-7-1-2-15(12,13)6-7/h5,7H,1-4,6,10H2. The number of rotatable bonds is 3. The Morgan fingerprint density at radius 3 is 2.93 bits per heavy atom. The fourth-order valence-corrected chi connectivity index (χ4v) is 4.59. The average Bonchev–Trinajstić information content (AvgIpc) is 2.73. The van der Waals surface area contributed by atoms with Crippen LogP contribution in [0.4, 0.5) is 0 Å². The van der Waals surface area contributed by atoms with Gasteiger partial charge in [0.05, 0.1) is 16.5 Å². The molecule has 1 aromatic rings. The number of nitrogens with zero attached hydrogens (tertiary/aromatic N) is 1. The monoisotopic (exact) mass is 246 g/mol. The second kappa shape index (κ2) is 4.19. The van der Waals surface area contributed by atoms with E-state index in [0.717, 1.165) is 22.7 Å². The quantitative estimate of drug-likeness (QED) is 0.846. The molecule has 15 heavy (non-hydrogen) atoms. The Morgan fingerprint density at radius 2 is 2.40 bits per heavy atom. The predicted octanol–water partition coefficient (Wildman–Crippen LogP) is 0.579. The first-order valence-corrected chi connectivity index (χ1v) is 7.57. The Kier molecular flexibility index (Phi) is 3.08. The summed E-state index contributed by atoms with van der Waals surface area (Å²) in [6, 6.07) is 0. The number of hydrogen-bond acceptors (Lipinski definition) is 5. The molecule has 1 unspecified atom stereocenters. The molecule has 1 saturated heterocycles. The van der Waals surface area contributed by atoms with E-state index >= 15 is 0 Å². The zero-order valence-electron chi connectivity index (χ0n) is 8.35. The molecule has 2 rings (SSSR count). The summed E-state index contributed by atoms with van der Waals surface area (Å²) in [7, 11) is -2.76. The molecule has 84 valence electrons. The first-order chi connectivity index (χ1) is 7.09. The topological polar surface area (TPSA) is 73.0 Å². The molecular weight excluding hydrogens is 232 g/mol. The lowest BCUT2D eigenvalue weighted by molar-refractivity contribution is 0.582. The Hall–Kier alpha value is -0.460. The molecule has 0 amide bonds. The number of hydrogen-bond donors (Lipinski definition) is 1. The molecule has 0 spiro atoms. The second-order valence-corrected chi connectivity index (χ2v) is 7.33. The average molecular weight is 246 g/mol. The highest BCUT2D eigenvalue weighted by atomic mass is 32.2. The van der Waals surface area contributed by atoms with Crippen LogP contribution in [0.2, 0.25) is 0 Å². The summed E-state index contributed by atoms with van der Waals surface area (Å²) in [6.07, 6.45) is 3.34. The van der Waals surface area contributed by atoms with Crippen molar-refractivity contribution < 1.29 is 8.42 Å². The van der Waals surface area contributed by atoms with E-state index in [2.05, 4.69) is 4.98 Å². The molecular formula is C9H14N2O2S2. The lowest BCUT2D eigenvalue weighted by Crippen LogP contribution is -2.07. The van der Waals surface area contributed by atoms with Gasteiger partial charge >= 0.3 is 0 Å². The van der Waals surface area contributed by atoms with Crippen LogP contribution >= 0.6 is 11.3 Å². The van der Waals surface area contributed by atoms with Crippen molar-refractivity contribution >= 4 is 21.2 Å². The number of thiazole rings is 1. The highest BCUT2D eigenvalue weighted by Crippen LogP contribution is 2.24. The van der Waals surface area contributed by atoms with E-state index in [9.17, 15) is 8.42 Å². The summed E-state index contributed by atoms with van der Waals surface area (Å²) in [6.45, 7) is 0.515. The summed E-state index contributed by atoms with van der Waals surface area (Å²) < 4.78 is 22.5. The molecule has 0 bridgehead atoms. The molecule has 1 aliphatic rings. The van der Waals surface area contributed by atoms with E-state index < -0.39 is 9.84 Å². The Labute approximate surface area is 93.4 Å². The zero-order valence-corrected chi connectivity index (χ0v) is 9.98. The number of aromatic nitrogens is 1. The van der Waals surface area contributed by atoms with Crippen LogP contribution in [0.5, 0.6) is 0 Å². The maximum absolute atomic E-state index is 11.3. The van der Waals surface area contributed by atoms with Crippen molar-refractivity contribution in [1.29, 1.82) is 0 Å². The smallest absolute Gasteiger partial charge is 0.150 e. The van der Waals surface area contributed by atoms with Gasteiger partial charge in [0.15, 0.2) is 9.84 Å². The van der Waals surface area contributed by atoms with E-state index in [0.29, 0.717) is 18.1 Å². The molecule has 0 saturated carbocycles.